The number of pyridine rings is 1. The summed E-state index contributed by atoms with van der Waals surface area (Å²) in [6, 6.07) is 13.7. The molecule has 1 heterocycles. The normalized spacial score (nSPS) is 9.75. The predicted octanol–water partition coefficient (Wildman–Crippen LogP) is 3.78. The second-order valence-electron chi connectivity index (χ2n) is 5.02. The molecule has 0 saturated heterocycles. The van der Waals surface area contributed by atoms with Crippen LogP contribution in [0.15, 0.2) is 36.4 Å². The molecule has 2 nitrogen and oxygen atoms in total. The van der Waals surface area contributed by atoms with Crippen LogP contribution >= 0.6 is 0 Å². The highest BCUT2D eigenvalue weighted by atomic mass is 14.7. The lowest BCUT2D eigenvalue weighted by Crippen LogP contribution is -1.91. The van der Waals surface area contributed by atoms with Crippen LogP contribution in [-0.4, -0.2) is 4.98 Å². The lowest BCUT2D eigenvalue weighted by atomic mass is 9.98. The van der Waals surface area contributed by atoms with Gasteiger partial charge in [-0.15, -0.1) is 0 Å². The molecule has 1 aromatic heterocycles. The van der Waals surface area contributed by atoms with Gasteiger partial charge in [-0.3, -0.25) is 0 Å². The summed E-state index contributed by atoms with van der Waals surface area (Å²) in [5, 5.41) is 9.08. The first-order valence-electron chi connectivity index (χ1n) is 6.59. The lowest BCUT2D eigenvalue weighted by Gasteiger charge is -2.06. The molecule has 1 aromatic carbocycles. The number of hydrogen-bond acceptors (Lipinski definition) is 2. The Hall–Kier alpha value is -2.58. The summed E-state index contributed by atoms with van der Waals surface area (Å²) in [6.07, 6.45) is 0. The van der Waals surface area contributed by atoms with Crippen LogP contribution in [0, 0.1) is 30.1 Å². The largest absolute Gasteiger partial charge is 0.245 e. The lowest BCUT2D eigenvalue weighted by molar-refractivity contribution is 0.865. The van der Waals surface area contributed by atoms with Gasteiger partial charge in [0.15, 0.2) is 0 Å². The number of aryl methyl sites for hydroxylation is 1. The molecule has 0 amide bonds. The molecule has 0 radical (unpaired) electrons. The van der Waals surface area contributed by atoms with E-state index in [4.69, 9.17) is 5.26 Å². The molecular formula is C18H16N2. The Balaban J connectivity index is 2.40. The van der Waals surface area contributed by atoms with Gasteiger partial charge in [0.25, 0.3) is 0 Å². The molecule has 0 saturated carbocycles. The van der Waals surface area contributed by atoms with Gasteiger partial charge in [-0.1, -0.05) is 25.8 Å². The maximum absolute atomic E-state index is 9.08. The van der Waals surface area contributed by atoms with Gasteiger partial charge in [-0.25, -0.2) is 4.98 Å². The molecule has 0 unspecified atom stereocenters. The van der Waals surface area contributed by atoms with Crippen molar-refractivity contribution in [1.82, 2.24) is 4.98 Å². The Morgan fingerprint density at radius 3 is 2.45 bits per heavy atom. The standard InChI is InChI=1S/C18H16N2/c1-13(2)17-10-15(9-16(11-17)12-19)7-8-18-6-4-5-14(3)20-18/h4-6,9-11,13H,1-3H3. The number of nitrogens with zero attached hydrogens (tertiary/aromatic N) is 2. The minimum atomic E-state index is 0.376. The smallest absolute Gasteiger partial charge is 0.113 e. The highest BCUT2D eigenvalue weighted by Gasteiger charge is 2.03. The molecule has 2 aromatic rings. The van der Waals surface area contributed by atoms with Gasteiger partial charge in [0.2, 0.25) is 0 Å². The summed E-state index contributed by atoms with van der Waals surface area (Å²) in [7, 11) is 0. The molecular weight excluding hydrogens is 244 g/mol. The third-order valence-corrected chi connectivity index (χ3v) is 2.97. The maximum atomic E-state index is 9.08. The van der Waals surface area contributed by atoms with E-state index in [1.807, 2.05) is 43.3 Å². The highest BCUT2D eigenvalue weighted by Crippen LogP contribution is 2.17. The minimum absolute atomic E-state index is 0.376. The second-order valence-corrected chi connectivity index (χ2v) is 5.02. The van der Waals surface area contributed by atoms with Gasteiger partial charge in [0.05, 0.1) is 11.6 Å². The van der Waals surface area contributed by atoms with Crippen molar-refractivity contribution in [3.05, 3.63) is 64.5 Å². The van der Waals surface area contributed by atoms with Gasteiger partial charge in [0, 0.05) is 11.3 Å². The Bertz CT molecular complexity index is 725. The number of rotatable bonds is 1. The predicted molar refractivity (Wildman–Crippen MR) is 80.2 cm³/mol. The van der Waals surface area contributed by atoms with Gasteiger partial charge in [-0.05, 0) is 54.7 Å². The molecule has 2 rings (SSSR count). The quantitative estimate of drug-likeness (QED) is 0.731. The van der Waals surface area contributed by atoms with Crippen molar-refractivity contribution in [2.24, 2.45) is 0 Å². The number of aromatic nitrogens is 1. The summed E-state index contributed by atoms with van der Waals surface area (Å²) < 4.78 is 0. The summed E-state index contributed by atoms with van der Waals surface area (Å²) in [4.78, 5) is 4.35. The Labute approximate surface area is 120 Å². The van der Waals surface area contributed by atoms with Crippen LogP contribution in [0.3, 0.4) is 0 Å². The number of benzene rings is 1. The Morgan fingerprint density at radius 1 is 1.05 bits per heavy atom. The molecule has 0 aliphatic carbocycles. The molecule has 2 heteroatoms. The van der Waals surface area contributed by atoms with E-state index in [0.29, 0.717) is 11.5 Å². The minimum Gasteiger partial charge on any atom is -0.245 e. The van der Waals surface area contributed by atoms with Crippen molar-refractivity contribution in [3.63, 3.8) is 0 Å². The first-order valence-corrected chi connectivity index (χ1v) is 6.59. The molecule has 0 aliphatic rings. The first kappa shape index (κ1) is 13.8. The van der Waals surface area contributed by atoms with Crippen molar-refractivity contribution in [2.45, 2.75) is 26.7 Å². The number of nitriles is 1. The van der Waals surface area contributed by atoms with Crippen molar-refractivity contribution in [1.29, 1.82) is 5.26 Å². The van der Waals surface area contributed by atoms with E-state index in [9.17, 15) is 0 Å². The van der Waals surface area contributed by atoms with Crippen LogP contribution in [0.25, 0.3) is 0 Å². The van der Waals surface area contributed by atoms with Gasteiger partial charge >= 0.3 is 0 Å². The van der Waals surface area contributed by atoms with Crippen LogP contribution in [0.5, 0.6) is 0 Å². The average molecular weight is 260 g/mol. The summed E-state index contributed by atoms with van der Waals surface area (Å²) in [6.45, 7) is 6.16. The fourth-order valence-corrected chi connectivity index (χ4v) is 1.87. The highest BCUT2D eigenvalue weighted by molar-refractivity contribution is 5.47. The molecule has 0 aliphatic heterocycles. The molecule has 20 heavy (non-hydrogen) atoms. The van der Waals surface area contributed by atoms with Crippen LogP contribution in [0.4, 0.5) is 0 Å². The van der Waals surface area contributed by atoms with E-state index in [0.717, 1.165) is 22.5 Å². The zero-order chi connectivity index (χ0) is 14.5. The Morgan fingerprint density at radius 2 is 1.80 bits per heavy atom. The fourth-order valence-electron chi connectivity index (χ4n) is 1.87. The average Bonchev–Trinajstić information content (AvgIpc) is 2.45. The van der Waals surface area contributed by atoms with E-state index in [1.165, 1.54) is 0 Å². The van der Waals surface area contributed by atoms with E-state index < -0.39 is 0 Å². The van der Waals surface area contributed by atoms with Crippen LogP contribution < -0.4 is 0 Å². The Kier molecular flexibility index (Phi) is 4.18. The van der Waals surface area contributed by atoms with Crippen molar-refractivity contribution in [3.8, 4) is 17.9 Å². The summed E-state index contributed by atoms with van der Waals surface area (Å²) >= 11 is 0. The van der Waals surface area contributed by atoms with E-state index in [-0.39, 0.29) is 0 Å². The zero-order valence-corrected chi connectivity index (χ0v) is 11.9. The van der Waals surface area contributed by atoms with Crippen LogP contribution in [0.1, 0.15) is 47.8 Å². The first-order chi connectivity index (χ1) is 9.58. The van der Waals surface area contributed by atoms with Gasteiger partial charge in [0.1, 0.15) is 5.69 Å². The molecule has 0 bridgehead atoms. The van der Waals surface area contributed by atoms with E-state index in [2.05, 4.69) is 36.7 Å². The molecule has 0 fully saturated rings. The maximum Gasteiger partial charge on any atom is 0.113 e. The van der Waals surface area contributed by atoms with E-state index in [1.54, 1.807) is 0 Å². The van der Waals surface area contributed by atoms with E-state index >= 15 is 0 Å². The third-order valence-electron chi connectivity index (χ3n) is 2.97. The number of hydrogen-bond donors (Lipinski definition) is 0. The SMILES string of the molecule is Cc1cccc(C#Cc2cc(C#N)cc(C(C)C)c2)n1. The van der Waals surface area contributed by atoms with Crippen molar-refractivity contribution < 1.29 is 0 Å². The molecule has 98 valence electrons. The zero-order valence-electron chi connectivity index (χ0n) is 11.9. The summed E-state index contributed by atoms with van der Waals surface area (Å²) in [5.41, 5.74) is 4.34. The monoisotopic (exact) mass is 260 g/mol. The van der Waals surface area contributed by atoms with Gasteiger partial charge < -0.3 is 0 Å². The third kappa shape index (κ3) is 3.46. The van der Waals surface area contributed by atoms with Gasteiger partial charge in [-0.2, -0.15) is 5.26 Å². The fraction of sp³-hybridized carbons (Fsp3) is 0.222. The van der Waals surface area contributed by atoms with Crippen LogP contribution in [0.2, 0.25) is 0 Å². The van der Waals surface area contributed by atoms with Crippen molar-refractivity contribution in [2.75, 3.05) is 0 Å². The molecule has 0 N–H and O–H groups in total. The molecule has 0 spiro atoms. The summed E-state index contributed by atoms with van der Waals surface area (Å²) in [5.74, 6) is 6.52. The second kappa shape index (κ2) is 6.04. The molecule has 0 atom stereocenters. The van der Waals surface area contributed by atoms with Crippen molar-refractivity contribution >= 4 is 0 Å². The van der Waals surface area contributed by atoms with Crippen LogP contribution in [-0.2, 0) is 0 Å². The topological polar surface area (TPSA) is 36.7 Å².